The SMILES string of the molecule is OCCOCCOCCO.[BH4-].[Na+]. The summed E-state index contributed by atoms with van der Waals surface area (Å²) in [7, 11) is 0. The summed E-state index contributed by atoms with van der Waals surface area (Å²) in [6.45, 7) is 1.73. The molecule has 0 fully saturated rings. The molecule has 0 heterocycles. The first kappa shape index (κ1) is 18.6. The minimum atomic E-state index is 0. The largest absolute Gasteiger partial charge is 1.00 e. The topological polar surface area (TPSA) is 58.9 Å². The Kier molecular flexibility index (Phi) is 27.7. The van der Waals surface area contributed by atoms with Gasteiger partial charge >= 0.3 is 29.6 Å². The standard InChI is InChI=1S/C6H14O4.BH4.Na/c7-1-3-9-5-6-10-4-2-8;;/h7-8H,1-6H2;1H4;/q;-1;+1. The Balaban J connectivity index is -0.000000405. The molecule has 0 aromatic rings. The van der Waals surface area contributed by atoms with Crippen molar-refractivity contribution in [2.75, 3.05) is 39.6 Å². The van der Waals surface area contributed by atoms with Gasteiger partial charge in [0.15, 0.2) is 0 Å². The zero-order chi connectivity index (χ0) is 7.66. The molecule has 0 bridgehead atoms. The third-order valence-electron chi connectivity index (χ3n) is 0.843. The molecule has 0 rings (SSSR count). The van der Waals surface area contributed by atoms with E-state index >= 15 is 0 Å². The fraction of sp³-hybridized carbons (Fsp3) is 1.00. The molecule has 2 N–H and O–H groups in total. The summed E-state index contributed by atoms with van der Waals surface area (Å²) in [5.41, 5.74) is 0. The second-order valence-corrected chi connectivity index (χ2v) is 1.67. The average molecular weight is 188 g/mol. The first-order valence-corrected chi connectivity index (χ1v) is 3.29. The molecule has 0 unspecified atom stereocenters. The van der Waals surface area contributed by atoms with E-state index in [-0.39, 0.29) is 51.2 Å². The molecule has 12 heavy (non-hydrogen) atoms. The second-order valence-electron chi connectivity index (χ2n) is 1.67. The number of aliphatic hydroxyl groups excluding tert-OH is 2. The summed E-state index contributed by atoms with van der Waals surface area (Å²) < 4.78 is 9.75. The van der Waals surface area contributed by atoms with Crippen molar-refractivity contribution in [2.24, 2.45) is 0 Å². The van der Waals surface area contributed by atoms with Gasteiger partial charge in [0.1, 0.15) is 0 Å². The van der Waals surface area contributed by atoms with Gasteiger partial charge in [-0.3, -0.25) is 0 Å². The van der Waals surface area contributed by atoms with E-state index in [1.807, 2.05) is 0 Å². The maximum Gasteiger partial charge on any atom is 1.00 e. The van der Waals surface area contributed by atoms with E-state index in [2.05, 4.69) is 0 Å². The van der Waals surface area contributed by atoms with E-state index in [0.717, 1.165) is 0 Å². The molecule has 0 aromatic heterocycles. The first-order chi connectivity index (χ1) is 4.91. The van der Waals surface area contributed by atoms with Crippen molar-refractivity contribution in [3.8, 4) is 0 Å². The van der Waals surface area contributed by atoms with Crippen LogP contribution < -0.4 is 29.6 Å². The van der Waals surface area contributed by atoms with Gasteiger partial charge in [0.2, 0.25) is 0 Å². The van der Waals surface area contributed by atoms with Crippen molar-refractivity contribution in [1.29, 1.82) is 0 Å². The van der Waals surface area contributed by atoms with Crippen molar-refractivity contribution in [3.63, 3.8) is 0 Å². The van der Waals surface area contributed by atoms with E-state index in [9.17, 15) is 0 Å². The Hall–Kier alpha value is 0.905. The molecule has 0 saturated carbocycles. The molecule has 0 saturated heterocycles. The summed E-state index contributed by atoms with van der Waals surface area (Å²) in [6, 6.07) is 0. The van der Waals surface area contributed by atoms with Gasteiger partial charge in [0.25, 0.3) is 0 Å². The summed E-state index contributed by atoms with van der Waals surface area (Å²) in [5, 5.41) is 16.5. The summed E-state index contributed by atoms with van der Waals surface area (Å²) in [4.78, 5) is 0. The zero-order valence-electron chi connectivity index (χ0n) is 6.95. The number of aliphatic hydroxyl groups is 2. The van der Waals surface area contributed by atoms with Crippen LogP contribution >= 0.6 is 0 Å². The van der Waals surface area contributed by atoms with Crippen LogP contribution in [0.25, 0.3) is 0 Å². The molecule has 0 radical (unpaired) electrons. The van der Waals surface area contributed by atoms with Crippen LogP contribution in [0.4, 0.5) is 0 Å². The van der Waals surface area contributed by atoms with Gasteiger partial charge in [-0.1, -0.05) is 8.41 Å². The Morgan fingerprint density at radius 3 is 1.33 bits per heavy atom. The third-order valence-corrected chi connectivity index (χ3v) is 0.843. The van der Waals surface area contributed by atoms with E-state index in [0.29, 0.717) is 26.4 Å². The summed E-state index contributed by atoms with van der Waals surface area (Å²) in [6.07, 6.45) is 0. The monoisotopic (exact) mass is 188 g/mol. The molecular weight excluding hydrogens is 170 g/mol. The second kappa shape index (κ2) is 17.9. The minimum absolute atomic E-state index is 0. The van der Waals surface area contributed by atoms with Crippen LogP contribution in [-0.4, -0.2) is 58.3 Å². The van der Waals surface area contributed by atoms with Crippen molar-refractivity contribution in [1.82, 2.24) is 0 Å². The van der Waals surface area contributed by atoms with Crippen LogP contribution in [0.5, 0.6) is 0 Å². The third kappa shape index (κ3) is 17.1. The van der Waals surface area contributed by atoms with Crippen molar-refractivity contribution in [3.05, 3.63) is 0 Å². The number of hydrogen-bond donors (Lipinski definition) is 2. The molecule has 0 atom stereocenters. The zero-order valence-corrected chi connectivity index (χ0v) is 8.95. The van der Waals surface area contributed by atoms with Crippen LogP contribution in [0.3, 0.4) is 0 Å². The van der Waals surface area contributed by atoms with Crippen molar-refractivity contribution in [2.45, 2.75) is 0 Å². The van der Waals surface area contributed by atoms with Gasteiger partial charge in [-0.25, -0.2) is 0 Å². The predicted molar refractivity (Wildman–Crippen MR) is 47.1 cm³/mol. The van der Waals surface area contributed by atoms with Crippen molar-refractivity contribution < 1.29 is 49.2 Å². The molecule has 0 spiro atoms. The molecule has 0 aliphatic rings. The van der Waals surface area contributed by atoms with Crippen molar-refractivity contribution >= 4 is 8.41 Å². The summed E-state index contributed by atoms with van der Waals surface area (Å²) >= 11 is 0. The Labute approximate surface area is 97.1 Å². The Bertz CT molecular complexity index is 59.5. The van der Waals surface area contributed by atoms with Gasteiger partial charge in [-0.2, -0.15) is 0 Å². The van der Waals surface area contributed by atoms with E-state index < -0.39 is 0 Å². The van der Waals surface area contributed by atoms with Crippen LogP contribution in [0.15, 0.2) is 0 Å². The number of rotatable bonds is 7. The predicted octanol–water partition coefficient (Wildman–Crippen LogP) is -5.44. The molecule has 0 aliphatic heterocycles. The smallest absolute Gasteiger partial charge is 0.394 e. The van der Waals surface area contributed by atoms with Crippen LogP contribution in [0.1, 0.15) is 0 Å². The van der Waals surface area contributed by atoms with Crippen LogP contribution in [0, 0.1) is 0 Å². The summed E-state index contributed by atoms with van der Waals surface area (Å²) in [5.74, 6) is 0. The van der Waals surface area contributed by atoms with E-state index in [1.165, 1.54) is 0 Å². The van der Waals surface area contributed by atoms with E-state index in [4.69, 9.17) is 19.7 Å². The fourth-order valence-corrected chi connectivity index (χ4v) is 0.451. The fourth-order valence-electron chi connectivity index (χ4n) is 0.451. The molecule has 0 amide bonds. The number of hydrogen-bond acceptors (Lipinski definition) is 4. The van der Waals surface area contributed by atoms with E-state index in [1.54, 1.807) is 0 Å². The average Bonchev–Trinajstić information content (AvgIpc) is 1.97. The normalized spacial score (nSPS) is 8.50. The Morgan fingerprint density at radius 2 is 1.08 bits per heavy atom. The van der Waals surface area contributed by atoms with Gasteiger partial charge in [-0.05, 0) is 0 Å². The van der Waals surface area contributed by atoms with Gasteiger partial charge < -0.3 is 19.7 Å². The molecule has 0 aliphatic carbocycles. The van der Waals surface area contributed by atoms with Gasteiger partial charge in [0, 0.05) is 0 Å². The molecule has 4 nitrogen and oxygen atoms in total. The molecule has 0 aromatic carbocycles. The van der Waals surface area contributed by atoms with Crippen LogP contribution in [-0.2, 0) is 9.47 Å². The molecule has 6 heteroatoms. The Morgan fingerprint density at radius 1 is 0.750 bits per heavy atom. The van der Waals surface area contributed by atoms with Gasteiger partial charge in [-0.15, -0.1) is 0 Å². The first-order valence-electron chi connectivity index (χ1n) is 3.29. The minimum Gasteiger partial charge on any atom is -0.394 e. The molecular formula is C6H18BNaO4. The maximum absolute atomic E-state index is 8.26. The maximum atomic E-state index is 8.26. The van der Waals surface area contributed by atoms with Gasteiger partial charge in [0.05, 0.1) is 39.6 Å². The van der Waals surface area contributed by atoms with Crippen LogP contribution in [0.2, 0.25) is 0 Å². The quantitative estimate of drug-likeness (QED) is 0.309. The number of ether oxygens (including phenoxy) is 2. The molecule has 70 valence electrons.